The lowest BCUT2D eigenvalue weighted by atomic mass is 10.00. The van der Waals surface area contributed by atoms with Crippen molar-refractivity contribution in [2.24, 2.45) is 5.92 Å². The van der Waals surface area contributed by atoms with Crippen molar-refractivity contribution in [3.63, 3.8) is 0 Å². The minimum atomic E-state index is -4.81. The minimum absolute atomic E-state index is 0.168. The fraction of sp³-hybridized carbons (Fsp3) is 0.355. The van der Waals surface area contributed by atoms with E-state index in [1.807, 2.05) is 31.2 Å². The number of nitrogens with zero attached hydrogens (tertiary/aromatic N) is 3. The number of aromatic nitrogens is 2. The number of fused-ring (bicyclic) bond motifs is 1. The molecule has 4 aromatic rings. The fourth-order valence-corrected chi connectivity index (χ4v) is 5.54. The van der Waals surface area contributed by atoms with Crippen molar-refractivity contribution in [3.8, 4) is 34.8 Å². The van der Waals surface area contributed by atoms with Gasteiger partial charge >= 0.3 is 6.36 Å². The molecule has 1 N–H and O–H groups in total. The molecule has 42 heavy (non-hydrogen) atoms. The highest BCUT2D eigenvalue weighted by molar-refractivity contribution is 7.22. The van der Waals surface area contributed by atoms with Crippen molar-refractivity contribution in [1.82, 2.24) is 14.9 Å². The van der Waals surface area contributed by atoms with E-state index in [1.54, 1.807) is 12.3 Å². The van der Waals surface area contributed by atoms with Crippen molar-refractivity contribution in [2.75, 3.05) is 32.1 Å². The maximum absolute atomic E-state index is 12.8. The van der Waals surface area contributed by atoms with Crippen molar-refractivity contribution in [3.05, 3.63) is 60.3 Å². The molecule has 1 fully saturated rings. The number of rotatable bonds is 9. The largest absolute Gasteiger partial charge is 0.573 e. The third-order valence-electron chi connectivity index (χ3n) is 6.55. The van der Waals surface area contributed by atoms with E-state index in [1.165, 1.54) is 42.4 Å². The Balaban J connectivity index is 1.35. The van der Waals surface area contributed by atoms with Crippen molar-refractivity contribution in [2.45, 2.75) is 39.0 Å². The number of ether oxygens (including phenoxy) is 3. The van der Waals surface area contributed by atoms with Crippen LogP contribution >= 0.6 is 11.3 Å². The second-order valence-corrected chi connectivity index (χ2v) is 11.1. The SMILES string of the molecule is CCCC#Cc1cnc2nc(Nc3ccc(OCC4CCCN(C)C4)cc3)sc2c1Oc1cccc(OC(F)(F)F)c1. The van der Waals surface area contributed by atoms with Gasteiger partial charge < -0.3 is 24.4 Å². The monoisotopic (exact) mass is 596 g/mol. The minimum Gasteiger partial charge on any atom is -0.493 e. The molecule has 3 heterocycles. The quantitative estimate of drug-likeness (QED) is 0.196. The third-order valence-corrected chi connectivity index (χ3v) is 7.51. The van der Waals surface area contributed by atoms with Gasteiger partial charge in [-0.2, -0.15) is 4.98 Å². The molecule has 0 radical (unpaired) electrons. The third kappa shape index (κ3) is 8.05. The van der Waals surface area contributed by atoms with Crippen LogP contribution in [-0.4, -0.2) is 48.0 Å². The van der Waals surface area contributed by atoms with E-state index in [9.17, 15) is 13.2 Å². The highest BCUT2D eigenvalue weighted by Gasteiger charge is 2.31. The Kier molecular flexibility index (Phi) is 9.35. The summed E-state index contributed by atoms with van der Waals surface area (Å²) in [4.78, 5) is 11.4. The summed E-state index contributed by atoms with van der Waals surface area (Å²) in [6, 6.07) is 13.1. The lowest BCUT2D eigenvalue weighted by Crippen LogP contribution is -2.34. The number of hydrogen-bond acceptors (Lipinski definition) is 8. The molecule has 0 saturated carbocycles. The molecule has 2 aromatic carbocycles. The number of benzene rings is 2. The number of hydrogen-bond donors (Lipinski definition) is 1. The first-order valence-corrected chi connectivity index (χ1v) is 14.6. The molecule has 11 heteroatoms. The number of likely N-dealkylation sites (tertiary alicyclic amines) is 1. The zero-order valence-electron chi connectivity index (χ0n) is 23.3. The molecule has 1 aliphatic heterocycles. The number of alkyl halides is 3. The Hall–Kier alpha value is -4.01. The number of thiazole rings is 1. The topological polar surface area (TPSA) is 68.7 Å². The lowest BCUT2D eigenvalue weighted by Gasteiger charge is -2.29. The Morgan fingerprint density at radius 1 is 1.12 bits per heavy atom. The molecule has 1 aliphatic rings. The Labute approximate surface area is 246 Å². The number of unbranched alkanes of at least 4 members (excludes halogenated alkanes) is 1. The van der Waals surface area contributed by atoms with Crippen LogP contribution in [-0.2, 0) is 0 Å². The van der Waals surface area contributed by atoms with Crippen molar-refractivity contribution in [1.29, 1.82) is 0 Å². The molecule has 2 aromatic heterocycles. The Morgan fingerprint density at radius 2 is 1.93 bits per heavy atom. The van der Waals surface area contributed by atoms with E-state index < -0.39 is 6.36 Å². The van der Waals surface area contributed by atoms with Gasteiger partial charge in [0.05, 0.1) is 12.2 Å². The summed E-state index contributed by atoms with van der Waals surface area (Å²) in [5, 5.41) is 3.88. The normalized spacial score (nSPS) is 15.6. The molecule has 0 bridgehead atoms. The zero-order chi connectivity index (χ0) is 29.5. The van der Waals surface area contributed by atoms with Crippen LogP contribution in [0.15, 0.2) is 54.7 Å². The molecule has 220 valence electrons. The molecule has 0 aliphatic carbocycles. The van der Waals surface area contributed by atoms with Crippen molar-refractivity contribution >= 4 is 32.5 Å². The molecule has 7 nitrogen and oxygen atoms in total. The molecule has 0 amide bonds. The molecule has 1 unspecified atom stereocenters. The number of piperidine rings is 1. The van der Waals surface area contributed by atoms with Crippen LogP contribution in [0.25, 0.3) is 10.3 Å². The van der Waals surface area contributed by atoms with E-state index in [4.69, 9.17) is 9.47 Å². The van der Waals surface area contributed by atoms with Crippen LogP contribution in [0.1, 0.15) is 38.2 Å². The summed E-state index contributed by atoms with van der Waals surface area (Å²) in [5.74, 6) is 7.65. The van der Waals surface area contributed by atoms with Crippen LogP contribution < -0.4 is 19.5 Å². The van der Waals surface area contributed by atoms with Gasteiger partial charge in [-0.25, -0.2) is 4.98 Å². The Bertz CT molecular complexity index is 1560. The van der Waals surface area contributed by atoms with Crippen LogP contribution in [0, 0.1) is 17.8 Å². The fourth-order valence-electron chi connectivity index (χ4n) is 4.61. The maximum atomic E-state index is 12.8. The summed E-state index contributed by atoms with van der Waals surface area (Å²) >= 11 is 1.31. The van der Waals surface area contributed by atoms with Gasteiger partial charge in [0, 0.05) is 36.8 Å². The summed E-state index contributed by atoms with van der Waals surface area (Å²) in [6.45, 7) is 4.91. The first-order chi connectivity index (χ1) is 20.3. The average molecular weight is 597 g/mol. The van der Waals surface area contributed by atoms with Crippen LogP contribution in [0.2, 0.25) is 0 Å². The van der Waals surface area contributed by atoms with Crippen LogP contribution in [0.5, 0.6) is 23.0 Å². The smallest absolute Gasteiger partial charge is 0.493 e. The number of pyridine rings is 1. The highest BCUT2D eigenvalue weighted by Crippen LogP contribution is 2.39. The first kappa shape index (κ1) is 29.5. The van der Waals surface area contributed by atoms with E-state index in [2.05, 4.69) is 43.8 Å². The second-order valence-electron chi connectivity index (χ2n) is 10.1. The van der Waals surface area contributed by atoms with Gasteiger partial charge in [-0.15, -0.1) is 13.2 Å². The number of halogens is 3. The number of nitrogens with one attached hydrogen (secondary N) is 1. The average Bonchev–Trinajstić information content (AvgIpc) is 3.36. The van der Waals surface area contributed by atoms with E-state index in [0.717, 1.165) is 30.9 Å². The van der Waals surface area contributed by atoms with Gasteiger partial charge in [0.1, 0.15) is 21.9 Å². The summed E-state index contributed by atoms with van der Waals surface area (Å²) < 4.78 is 55.1. The molecule has 1 saturated heterocycles. The summed E-state index contributed by atoms with van der Waals surface area (Å²) in [7, 11) is 2.14. The van der Waals surface area contributed by atoms with E-state index >= 15 is 0 Å². The van der Waals surface area contributed by atoms with E-state index in [0.29, 0.717) is 45.7 Å². The lowest BCUT2D eigenvalue weighted by molar-refractivity contribution is -0.274. The van der Waals surface area contributed by atoms with Crippen molar-refractivity contribution < 1.29 is 27.4 Å². The van der Waals surface area contributed by atoms with Crippen LogP contribution in [0.3, 0.4) is 0 Å². The highest BCUT2D eigenvalue weighted by atomic mass is 32.1. The van der Waals surface area contributed by atoms with Gasteiger partial charge in [-0.05, 0) is 69.3 Å². The molecular weight excluding hydrogens is 565 g/mol. The molecule has 0 spiro atoms. The standard InChI is InChI=1S/C31H31F3N4O3S/c1-3-4-5-9-22-18-35-29-28(27(22)40-25-10-6-11-26(17-25)41-31(32,33)34)42-30(37-29)36-23-12-14-24(15-13-23)39-20-21-8-7-16-38(2)19-21/h6,10-15,17-18,21H,3-4,7-8,16,19-20H2,1-2H3,(H,35,36,37). The van der Waals surface area contributed by atoms with Gasteiger partial charge in [0.15, 0.2) is 16.5 Å². The molecule has 5 rings (SSSR count). The predicted octanol–water partition coefficient (Wildman–Crippen LogP) is 8.00. The van der Waals surface area contributed by atoms with Gasteiger partial charge in [0.2, 0.25) is 0 Å². The summed E-state index contributed by atoms with van der Waals surface area (Å²) in [5.41, 5.74) is 1.76. The predicted molar refractivity (Wildman–Crippen MR) is 158 cm³/mol. The van der Waals surface area contributed by atoms with E-state index in [-0.39, 0.29) is 11.5 Å². The number of anilines is 2. The van der Waals surface area contributed by atoms with Crippen LogP contribution in [0.4, 0.5) is 24.0 Å². The van der Waals surface area contributed by atoms with Gasteiger partial charge in [-0.3, -0.25) is 0 Å². The zero-order valence-corrected chi connectivity index (χ0v) is 24.1. The van der Waals surface area contributed by atoms with Gasteiger partial charge in [0.25, 0.3) is 0 Å². The summed E-state index contributed by atoms with van der Waals surface area (Å²) in [6.07, 6.45) is 0.693. The second kappa shape index (κ2) is 13.3. The molecule has 1 atom stereocenters. The Morgan fingerprint density at radius 3 is 2.69 bits per heavy atom. The maximum Gasteiger partial charge on any atom is 0.573 e. The first-order valence-electron chi connectivity index (χ1n) is 13.8. The van der Waals surface area contributed by atoms with Gasteiger partial charge in [-0.1, -0.05) is 36.2 Å². The molecular formula is C31H31F3N4O3S.